The van der Waals surface area contributed by atoms with E-state index in [0.717, 1.165) is 5.56 Å². The molecule has 0 aromatic heterocycles. The van der Waals surface area contributed by atoms with E-state index >= 15 is 0 Å². The van der Waals surface area contributed by atoms with Crippen molar-refractivity contribution in [2.75, 3.05) is 18.5 Å². The van der Waals surface area contributed by atoms with Crippen molar-refractivity contribution in [2.24, 2.45) is 0 Å². The summed E-state index contributed by atoms with van der Waals surface area (Å²) in [6.07, 6.45) is -0.0539. The molecule has 1 atom stereocenters. The Morgan fingerprint density at radius 1 is 1.23 bits per heavy atom. The number of ether oxygens (including phenoxy) is 1. The maximum atomic E-state index is 12.7. The van der Waals surface area contributed by atoms with Gasteiger partial charge in [-0.1, -0.05) is 48.9 Å². The van der Waals surface area contributed by atoms with Gasteiger partial charge in [-0.15, -0.1) is 0 Å². The number of likely N-dealkylation sites (N-methyl/N-ethyl adjacent to an activating group) is 1. The molecule has 6 heteroatoms. The molecule has 136 valence electrons. The van der Waals surface area contributed by atoms with Gasteiger partial charge in [0.15, 0.2) is 6.10 Å². The van der Waals surface area contributed by atoms with Gasteiger partial charge in [0.1, 0.15) is 12.3 Å². The summed E-state index contributed by atoms with van der Waals surface area (Å²) >= 11 is 6.08. The van der Waals surface area contributed by atoms with Gasteiger partial charge in [-0.05, 0) is 30.2 Å². The fraction of sp³-hybridized carbons (Fsp3) is 0.300. The van der Waals surface area contributed by atoms with Crippen LogP contribution in [0.15, 0.2) is 48.5 Å². The van der Waals surface area contributed by atoms with Crippen LogP contribution in [0.5, 0.6) is 5.75 Å². The standard InChI is InChI=1S/C20H21ClN2O3/c1-3-17-20(25)23(16-11-15(21)9-10-18(16)26-17)13-19(24)22(2)12-14-7-5-4-6-8-14/h4-11,17H,3,12-13H2,1-2H3. The van der Waals surface area contributed by atoms with Crippen molar-refractivity contribution in [1.82, 2.24) is 4.90 Å². The second-order valence-electron chi connectivity index (χ2n) is 6.29. The van der Waals surface area contributed by atoms with Gasteiger partial charge >= 0.3 is 0 Å². The fourth-order valence-corrected chi connectivity index (χ4v) is 3.09. The summed E-state index contributed by atoms with van der Waals surface area (Å²) < 4.78 is 5.74. The smallest absolute Gasteiger partial charge is 0.268 e. The van der Waals surface area contributed by atoms with E-state index < -0.39 is 6.10 Å². The topological polar surface area (TPSA) is 49.9 Å². The van der Waals surface area contributed by atoms with Crippen molar-refractivity contribution in [2.45, 2.75) is 26.0 Å². The predicted molar refractivity (Wildman–Crippen MR) is 101 cm³/mol. The number of carbonyl (C=O) groups excluding carboxylic acids is 2. The first-order chi connectivity index (χ1) is 12.5. The van der Waals surface area contributed by atoms with Crippen LogP contribution in [-0.2, 0) is 16.1 Å². The minimum atomic E-state index is -0.587. The van der Waals surface area contributed by atoms with Crippen LogP contribution in [0.25, 0.3) is 0 Å². The molecule has 0 bridgehead atoms. The second-order valence-corrected chi connectivity index (χ2v) is 6.72. The van der Waals surface area contributed by atoms with Gasteiger partial charge in [-0.2, -0.15) is 0 Å². The molecule has 2 aromatic carbocycles. The van der Waals surface area contributed by atoms with Crippen LogP contribution in [0.2, 0.25) is 5.02 Å². The van der Waals surface area contributed by atoms with Gasteiger partial charge in [0, 0.05) is 18.6 Å². The molecule has 1 heterocycles. The van der Waals surface area contributed by atoms with Crippen molar-refractivity contribution in [3.63, 3.8) is 0 Å². The maximum Gasteiger partial charge on any atom is 0.268 e. The Balaban J connectivity index is 1.80. The molecule has 2 aromatic rings. The quantitative estimate of drug-likeness (QED) is 0.807. The van der Waals surface area contributed by atoms with E-state index in [1.165, 1.54) is 4.90 Å². The van der Waals surface area contributed by atoms with Gasteiger partial charge in [0.05, 0.1) is 5.69 Å². The highest BCUT2D eigenvalue weighted by molar-refractivity contribution is 6.31. The van der Waals surface area contributed by atoms with Crippen molar-refractivity contribution in [3.8, 4) is 5.75 Å². The molecule has 3 rings (SSSR count). The van der Waals surface area contributed by atoms with Gasteiger partial charge < -0.3 is 9.64 Å². The molecule has 2 amide bonds. The number of amides is 2. The molecule has 1 unspecified atom stereocenters. The minimum absolute atomic E-state index is 0.0463. The molecule has 1 aliphatic rings. The van der Waals surface area contributed by atoms with Crippen LogP contribution in [0.4, 0.5) is 5.69 Å². The van der Waals surface area contributed by atoms with Crippen LogP contribution in [-0.4, -0.2) is 36.4 Å². The van der Waals surface area contributed by atoms with Gasteiger partial charge in [0.2, 0.25) is 5.91 Å². The van der Waals surface area contributed by atoms with Crippen LogP contribution < -0.4 is 9.64 Å². The molecule has 5 nitrogen and oxygen atoms in total. The van der Waals surface area contributed by atoms with E-state index in [1.807, 2.05) is 37.3 Å². The summed E-state index contributed by atoms with van der Waals surface area (Å²) in [5.41, 5.74) is 1.57. The Hall–Kier alpha value is -2.53. The average molecular weight is 373 g/mol. The lowest BCUT2D eigenvalue weighted by Gasteiger charge is -2.34. The lowest BCUT2D eigenvalue weighted by Crippen LogP contribution is -2.49. The molecule has 0 fully saturated rings. The second kappa shape index (κ2) is 7.79. The Morgan fingerprint density at radius 3 is 2.65 bits per heavy atom. The van der Waals surface area contributed by atoms with E-state index in [9.17, 15) is 9.59 Å². The Kier molecular flexibility index (Phi) is 5.47. The minimum Gasteiger partial charge on any atom is -0.478 e. The number of carbonyl (C=O) groups is 2. The summed E-state index contributed by atoms with van der Waals surface area (Å²) in [6.45, 7) is 2.32. The first kappa shape index (κ1) is 18.3. The third kappa shape index (κ3) is 3.83. The number of fused-ring (bicyclic) bond motifs is 1. The predicted octanol–water partition coefficient (Wildman–Crippen LogP) is 3.50. The van der Waals surface area contributed by atoms with Crippen LogP contribution in [0.3, 0.4) is 0 Å². The summed E-state index contributed by atoms with van der Waals surface area (Å²) in [5.74, 6) is 0.202. The summed E-state index contributed by atoms with van der Waals surface area (Å²) in [4.78, 5) is 28.5. The van der Waals surface area contributed by atoms with E-state index in [-0.39, 0.29) is 18.4 Å². The number of benzene rings is 2. The third-order valence-electron chi connectivity index (χ3n) is 4.37. The first-order valence-corrected chi connectivity index (χ1v) is 8.93. The van der Waals surface area contributed by atoms with E-state index in [4.69, 9.17) is 16.3 Å². The molecule has 0 saturated carbocycles. The van der Waals surface area contributed by atoms with Gasteiger partial charge in [-0.3, -0.25) is 14.5 Å². The van der Waals surface area contributed by atoms with Crippen molar-refractivity contribution < 1.29 is 14.3 Å². The summed E-state index contributed by atoms with van der Waals surface area (Å²) in [7, 11) is 1.73. The molecule has 0 aliphatic carbocycles. The van der Waals surface area contributed by atoms with Crippen molar-refractivity contribution in [1.29, 1.82) is 0 Å². The number of rotatable bonds is 5. The maximum absolute atomic E-state index is 12.7. The molecule has 26 heavy (non-hydrogen) atoms. The lowest BCUT2D eigenvalue weighted by atomic mass is 10.1. The number of hydrogen-bond donors (Lipinski definition) is 0. The Bertz CT molecular complexity index is 810. The summed E-state index contributed by atoms with van der Waals surface area (Å²) in [5, 5.41) is 0.491. The molecule has 0 spiro atoms. The molecule has 0 N–H and O–H groups in total. The largest absolute Gasteiger partial charge is 0.478 e. The Labute approximate surface area is 158 Å². The van der Waals surface area contributed by atoms with Crippen molar-refractivity contribution >= 4 is 29.1 Å². The summed E-state index contributed by atoms with van der Waals surface area (Å²) in [6, 6.07) is 14.8. The van der Waals surface area contributed by atoms with Gasteiger partial charge in [0.25, 0.3) is 5.91 Å². The number of anilines is 1. The van der Waals surface area contributed by atoms with E-state index in [0.29, 0.717) is 29.4 Å². The number of hydrogen-bond acceptors (Lipinski definition) is 3. The zero-order valence-corrected chi connectivity index (χ0v) is 15.6. The monoisotopic (exact) mass is 372 g/mol. The highest BCUT2D eigenvalue weighted by Gasteiger charge is 2.35. The lowest BCUT2D eigenvalue weighted by molar-refractivity contribution is -0.133. The highest BCUT2D eigenvalue weighted by atomic mass is 35.5. The number of halogens is 1. The molecular formula is C20H21ClN2O3. The molecular weight excluding hydrogens is 352 g/mol. The van der Waals surface area contributed by atoms with E-state index in [1.54, 1.807) is 30.1 Å². The zero-order chi connectivity index (χ0) is 18.7. The zero-order valence-electron chi connectivity index (χ0n) is 14.8. The first-order valence-electron chi connectivity index (χ1n) is 8.55. The highest BCUT2D eigenvalue weighted by Crippen LogP contribution is 2.36. The third-order valence-corrected chi connectivity index (χ3v) is 4.61. The SMILES string of the molecule is CCC1Oc2ccc(Cl)cc2N(CC(=O)N(C)Cc2ccccc2)C1=O. The van der Waals surface area contributed by atoms with Crippen molar-refractivity contribution in [3.05, 3.63) is 59.1 Å². The normalized spacial score (nSPS) is 16.0. The van der Waals surface area contributed by atoms with Crippen LogP contribution >= 0.6 is 11.6 Å². The average Bonchev–Trinajstić information content (AvgIpc) is 2.64. The molecule has 0 saturated heterocycles. The fourth-order valence-electron chi connectivity index (χ4n) is 2.92. The molecule has 1 aliphatic heterocycles. The number of nitrogens with zero attached hydrogens (tertiary/aromatic N) is 2. The van der Waals surface area contributed by atoms with E-state index in [2.05, 4.69) is 0 Å². The van der Waals surface area contributed by atoms with Crippen LogP contribution in [0.1, 0.15) is 18.9 Å². The molecule has 0 radical (unpaired) electrons. The Morgan fingerprint density at radius 2 is 1.96 bits per heavy atom. The van der Waals surface area contributed by atoms with Gasteiger partial charge in [-0.25, -0.2) is 0 Å². The van der Waals surface area contributed by atoms with Crippen LogP contribution in [0, 0.1) is 0 Å².